The third kappa shape index (κ3) is 6.43. The van der Waals surface area contributed by atoms with Crippen LogP contribution in [0.2, 0.25) is 5.02 Å². The molecule has 0 saturated heterocycles. The predicted octanol–water partition coefficient (Wildman–Crippen LogP) is 2.71. The number of methoxy groups -OCH3 is 1. The molecule has 0 radical (unpaired) electrons. The minimum atomic E-state index is -0.373. The highest BCUT2D eigenvalue weighted by Crippen LogP contribution is 2.15. The summed E-state index contributed by atoms with van der Waals surface area (Å²) >= 11 is 5.82. The zero-order chi connectivity index (χ0) is 18.1. The molecular formula is C18H19ClN2O4. The Morgan fingerprint density at radius 1 is 1.20 bits per heavy atom. The van der Waals surface area contributed by atoms with Gasteiger partial charge in [-0.1, -0.05) is 17.7 Å². The van der Waals surface area contributed by atoms with E-state index in [0.717, 1.165) is 5.56 Å². The van der Waals surface area contributed by atoms with Crippen LogP contribution in [0.5, 0.6) is 5.75 Å². The fourth-order valence-electron chi connectivity index (χ4n) is 2.10. The first-order valence-electron chi connectivity index (χ1n) is 7.70. The topological polar surface area (TPSA) is 68.7 Å². The number of pyridine rings is 1. The summed E-state index contributed by atoms with van der Waals surface area (Å²) in [6, 6.07) is 10.4. The Kier molecular flexibility index (Phi) is 7.22. The van der Waals surface area contributed by atoms with Crippen LogP contribution in [-0.2, 0) is 20.9 Å². The number of esters is 1. The molecule has 0 atom stereocenters. The summed E-state index contributed by atoms with van der Waals surface area (Å²) in [5.41, 5.74) is 0.868. The molecule has 0 aliphatic carbocycles. The Bertz CT molecular complexity index is 692. The molecule has 25 heavy (non-hydrogen) atoms. The second-order valence-electron chi connectivity index (χ2n) is 5.25. The number of rotatable bonds is 8. The van der Waals surface area contributed by atoms with E-state index < -0.39 is 0 Å². The number of carbonyl (C=O) groups excluding carboxylic acids is 2. The SMILES string of the molecule is COC(=O)CCN(Cc1cccnc1)C(=O)COc1ccc(Cl)cc1. The molecule has 0 aliphatic heterocycles. The van der Waals surface area contributed by atoms with E-state index in [1.165, 1.54) is 7.11 Å². The van der Waals surface area contributed by atoms with E-state index in [9.17, 15) is 9.59 Å². The first-order chi connectivity index (χ1) is 12.1. The van der Waals surface area contributed by atoms with Gasteiger partial charge in [-0.15, -0.1) is 0 Å². The standard InChI is InChI=1S/C18H19ClN2O4/c1-24-18(23)8-10-21(12-14-3-2-9-20-11-14)17(22)13-25-16-6-4-15(19)5-7-16/h2-7,9,11H,8,10,12-13H2,1H3. The van der Waals surface area contributed by atoms with Crippen molar-refractivity contribution in [2.45, 2.75) is 13.0 Å². The van der Waals surface area contributed by atoms with Crippen LogP contribution in [0.3, 0.4) is 0 Å². The van der Waals surface area contributed by atoms with E-state index in [2.05, 4.69) is 9.72 Å². The molecule has 0 N–H and O–H groups in total. The van der Waals surface area contributed by atoms with Gasteiger partial charge in [0.15, 0.2) is 6.61 Å². The lowest BCUT2D eigenvalue weighted by Gasteiger charge is -2.22. The van der Waals surface area contributed by atoms with Crippen molar-refractivity contribution in [3.05, 3.63) is 59.4 Å². The lowest BCUT2D eigenvalue weighted by atomic mass is 10.2. The van der Waals surface area contributed by atoms with Crippen molar-refractivity contribution in [1.82, 2.24) is 9.88 Å². The molecule has 1 aromatic heterocycles. The second kappa shape index (κ2) is 9.64. The Hall–Kier alpha value is -2.60. The van der Waals surface area contributed by atoms with Gasteiger partial charge in [0.2, 0.25) is 0 Å². The number of hydrogen-bond donors (Lipinski definition) is 0. The van der Waals surface area contributed by atoms with Gasteiger partial charge in [-0.2, -0.15) is 0 Å². The molecule has 2 rings (SSSR count). The number of hydrogen-bond acceptors (Lipinski definition) is 5. The number of nitrogens with zero attached hydrogens (tertiary/aromatic N) is 2. The summed E-state index contributed by atoms with van der Waals surface area (Å²) in [4.78, 5) is 29.5. The van der Waals surface area contributed by atoms with Crippen molar-refractivity contribution >= 4 is 23.5 Å². The first-order valence-corrected chi connectivity index (χ1v) is 8.08. The summed E-state index contributed by atoms with van der Waals surface area (Å²) in [6.45, 7) is 0.446. The largest absolute Gasteiger partial charge is 0.484 e. The van der Waals surface area contributed by atoms with E-state index >= 15 is 0 Å². The number of aromatic nitrogens is 1. The van der Waals surface area contributed by atoms with Crippen molar-refractivity contribution < 1.29 is 19.1 Å². The van der Waals surface area contributed by atoms with E-state index in [1.807, 2.05) is 6.07 Å². The zero-order valence-corrected chi connectivity index (χ0v) is 14.6. The summed E-state index contributed by atoms with van der Waals surface area (Å²) < 4.78 is 10.1. The molecule has 0 saturated carbocycles. The molecule has 2 aromatic rings. The summed E-state index contributed by atoms with van der Waals surface area (Å²) in [6.07, 6.45) is 3.45. The molecule has 0 spiro atoms. The molecular weight excluding hydrogens is 344 g/mol. The van der Waals surface area contributed by atoms with Crippen LogP contribution in [0.4, 0.5) is 0 Å². The van der Waals surface area contributed by atoms with Gasteiger partial charge in [0.25, 0.3) is 5.91 Å². The molecule has 7 heteroatoms. The van der Waals surface area contributed by atoms with E-state index in [-0.39, 0.29) is 31.4 Å². The third-order valence-electron chi connectivity index (χ3n) is 3.44. The molecule has 0 fully saturated rings. The fraction of sp³-hybridized carbons (Fsp3) is 0.278. The van der Waals surface area contributed by atoms with Crippen LogP contribution >= 0.6 is 11.6 Å². The van der Waals surface area contributed by atoms with Crippen LogP contribution in [0.15, 0.2) is 48.8 Å². The van der Waals surface area contributed by atoms with Gasteiger partial charge in [0.1, 0.15) is 5.75 Å². The van der Waals surface area contributed by atoms with Gasteiger partial charge in [-0.05, 0) is 35.9 Å². The smallest absolute Gasteiger partial charge is 0.307 e. The van der Waals surface area contributed by atoms with E-state index in [0.29, 0.717) is 17.3 Å². The van der Waals surface area contributed by atoms with Gasteiger partial charge in [-0.25, -0.2) is 0 Å². The molecule has 132 valence electrons. The summed E-state index contributed by atoms with van der Waals surface area (Å²) in [5.74, 6) is -0.0580. The molecule has 1 aromatic carbocycles. The third-order valence-corrected chi connectivity index (χ3v) is 3.69. The van der Waals surface area contributed by atoms with E-state index in [4.69, 9.17) is 16.3 Å². The Morgan fingerprint density at radius 2 is 1.96 bits per heavy atom. The molecule has 0 aliphatic rings. The van der Waals surface area contributed by atoms with Crippen molar-refractivity contribution in [2.24, 2.45) is 0 Å². The highest BCUT2D eigenvalue weighted by molar-refractivity contribution is 6.30. The van der Waals surface area contributed by atoms with Gasteiger partial charge >= 0.3 is 5.97 Å². The van der Waals surface area contributed by atoms with Gasteiger partial charge in [0, 0.05) is 30.5 Å². The second-order valence-corrected chi connectivity index (χ2v) is 5.68. The van der Waals surface area contributed by atoms with Crippen LogP contribution in [-0.4, -0.2) is 42.0 Å². The normalized spacial score (nSPS) is 10.2. The number of carbonyl (C=O) groups is 2. The minimum Gasteiger partial charge on any atom is -0.484 e. The van der Waals surface area contributed by atoms with Gasteiger partial charge in [0.05, 0.1) is 13.5 Å². The first kappa shape index (κ1) is 18.7. The fourth-order valence-corrected chi connectivity index (χ4v) is 2.23. The van der Waals surface area contributed by atoms with Gasteiger partial charge < -0.3 is 14.4 Å². The minimum absolute atomic E-state index is 0.115. The monoisotopic (exact) mass is 362 g/mol. The maximum Gasteiger partial charge on any atom is 0.307 e. The lowest BCUT2D eigenvalue weighted by molar-refractivity contribution is -0.142. The van der Waals surface area contributed by atoms with Crippen LogP contribution in [0.1, 0.15) is 12.0 Å². The molecule has 1 amide bonds. The van der Waals surface area contributed by atoms with Gasteiger partial charge in [-0.3, -0.25) is 14.6 Å². The average Bonchev–Trinajstić information content (AvgIpc) is 2.64. The highest BCUT2D eigenvalue weighted by Gasteiger charge is 2.16. The number of halogens is 1. The van der Waals surface area contributed by atoms with Crippen molar-refractivity contribution in [3.63, 3.8) is 0 Å². The predicted molar refractivity (Wildman–Crippen MR) is 93.2 cm³/mol. The zero-order valence-electron chi connectivity index (χ0n) is 13.9. The summed E-state index contributed by atoms with van der Waals surface area (Å²) in [7, 11) is 1.32. The van der Waals surface area contributed by atoms with E-state index in [1.54, 1.807) is 47.6 Å². The average molecular weight is 363 g/mol. The van der Waals surface area contributed by atoms with Crippen LogP contribution in [0.25, 0.3) is 0 Å². The number of amides is 1. The van der Waals surface area contributed by atoms with Crippen LogP contribution < -0.4 is 4.74 Å². The molecule has 0 unspecified atom stereocenters. The maximum atomic E-state index is 12.5. The Morgan fingerprint density at radius 3 is 2.60 bits per heavy atom. The highest BCUT2D eigenvalue weighted by atomic mass is 35.5. The Balaban J connectivity index is 1.97. The quantitative estimate of drug-likeness (QED) is 0.675. The number of ether oxygens (including phenoxy) is 2. The van der Waals surface area contributed by atoms with Crippen molar-refractivity contribution in [3.8, 4) is 5.75 Å². The lowest BCUT2D eigenvalue weighted by Crippen LogP contribution is -2.36. The van der Waals surface area contributed by atoms with Crippen LogP contribution in [0, 0.1) is 0 Å². The van der Waals surface area contributed by atoms with Crippen molar-refractivity contribution in [2.75, 3.05) is 20.3 Å². The summed E-state index contributed by atoms with van der Waals surface area (Å²) in [5, 5.41) is 0.593. The maximum absolute atomic E-state index is 12.5. The Labute approximate surface area is 151 Å². The number of benzene rings is 1. The molecule has 1 heterocycles. The molecule has 0 bridgehead atoms. The van der Waals surface area contributed by atoms with Crippen molar-refractivity contribution in [1.29, 1.82) is 0 Å². The molecule has 6 nitrogen and oxygen atoms in total.